The molecule has 1 aromatic carbocycles. The van der Waals surface area contributed by atoms with Crippen molar-refractivity contribution in [2.45, 2.75) is 4.90 Å². The van der Waals surface area contributed by atoms with Crippen molar-refractivity contribution in [2.75, 3.05) is 18.4 Å². The zero-order valence-electron chi connectivity index (χ0n) is 13.0. The van der Waals surface area contributed by atoms with E-state index in [0.29, 0.717) is 23.2 Å². The molecule has 0 bridgehead atoms. The molecule has 3 aromatic rings. The maximum Gasteiger partial charge on any atom is 0.240 e. The Hall–Kier alpha value is -2.49. The molecule has 25 heavy (non-hydrogen) atoms. The number of hydrogen-bond donors (Lipinski definition) is 2. The van der Waals surface area contributed by atoms with E-state index in [1.807, 2.05) is 0 Å². The molecule has 0 fully saturated rings. The van der Waals surface area contributed by atoms with Crippen molar-refractivity contribution in [3.63, 3.8) is 0 Å². The van der Waals surface area contributed by atoms with Crippen molar-refractivity contribution in [1.82, 2.24) is 24.5 Å². The Morgan fingerprint density at radius 2 is 1.92 bits per heavy atom. The maximum absolute atomic E-state index is 12.1. The minimum Gasteiger partial charge on any atom is -0.369 e. The molecule has 10 heteroatoms. The first-order valence-electron chi connectivity index (χ1n) is 7.36. The van der Waals surface area contributed by atoms with Crippen molar-refractivity contribution in [3.05, 3.63) is 60.1 Å². The van der Waals surface area contributed by atoms with Gasteiger partial charge in [0.1, 0.15) is 12.1 Å². The molecule has 8 nitrogen and oxygen atoms in total. The van der Waals surface area contributed by atoms with Gasteiger partial charge in [-0.15, -0.1) is 0 Å². The summed E-state index contributed by atoms with van der Waals surface area (Å²) < 4.78 is 28.4. The Bertz CT molecular complexity index is 929. The molecular formula is C15H15ClN6O2S. The van der Waals surface area contributed by atoms with Gasteiger partial charge in [-0.3, -0.25) is 0 Å². The quantitative estimate of drug-likeness (QED) is 0.607. The summed E-state index contributed by atoms with van der Waals surface area (Å²) in [6, 6.07) is 9.50. The highest BCUT2D eigenvalue weighted by Crippen LogP contribution is 2.13. The van der Waals surface area contributed by atoms with E-state index >= 15 is 0 Å². The van der Waals surface area contributed by atoms with Gasteiger partial charge in [0, 0.05) is 36.6 Å². The summed E-state index contributed by atoms with van der Waals surface area (Å²) in [6.45, 7) is 0.564. The van der Waals surface area contributed by atoms with Gasteiger partial charge in [-0.2, -0.15) is 5.10 Å². The summed E-state index contributed by atoms with van der Waals surface area (Å²) in [6.07, 6.45) is 4.84. The van der Waals surface area contributed by atoms with Gasteiger partial charge >= 0.3 is 0 Å². The van der Waals surface area contributed by atoms with Crippen LogP contribution in [-0.2, 0) is 10.0 Å². The number of aromatic nitrogens is 4. The second-order valence-electron chi connectivity index (χ2n) is 4.99. The number of halogens is 1. The summed E-state index contributed by atoms with van der Waals surface area (Å²) in [5, 5.41) is 7.62. The van der Waals surface area contributed by atoms with E-state index in [2.05, 4.69) is 25.1 Å². The summed E-state index contributed by atoms with van der Waals surface area (Å²) >= 11 is 5.76. The van der Waals surface area contributed by atoms with Gasteiger partial charge in [0.05, 0.1) is 4.90 Å². The molecule has 0 saturated heterocycles. The first-order chi connectivity index (χ1) is 12.0. The van der Waals surface area contributed by atoms with Crippen LogP contribution in [0.15, 0.2) is 60.0 Å². The predicted octanol–water partition coefficient (Wildman–Crippen LogP) is 1.71. The highest BCUT2D eigenvalue weighted by molar-refractivity contribution is 7.89. The van der Waals surface area contributed by atoms with Crippen LogP contribution in [-0.4, -0.2) is 41.3 Å². The largest absolute Gasteiger partial charge is 0.369 e. The van der Waals surface area contributed by atoms with Crippen molar-refractivity contribution in [3.8, 4) is 5.82 Å². The van der Waals surface area contributed by atoms with E-state index in [0.717, 1.165) is 0 Å². The van der Waals surface area contributed by atoms with Crippen LogP contribution in [0.1, 0.15) is 0 Å². The second-order valence-corrected chi connectivity index (χ2v) is 7.19. The molecule has 3 rings (SSSR count). The third-order valence-corrected chi connectivity index (χ3v) is 4.97. The lowest BCUT2D eigenvalue weighted by atomic mass is 10.4. The summed E-state index contributed by atoms with van der Waals surface area (Å²) in [5.41, 5.74) is 0. The standard InChI is InChI=1S/C15H15ClN6O2S/c16-12-2-4-13(5-3-12)25(23,24)21-8-7-17-14-10-15(19-11-18-14)22-9-1-6-20-22/h1-6,9-11,21H,7-8H2,(H,17,18,19). The fourth-order valence-electron chi connectivity index (χ4n) is 2.05. The Morgan fingerprint density at radius 3 is 2.64 bits per heavy atom. The van der Waals surface area contributed by atoms with Crippen LogP contribution in [0.4, 0.5) is 5.82 Å². The minimum absolute atomic E-state index is 0.167. The molecule has 0 saturated carbocycles. The number of rotatable bonds is 7. The van der Waals surface area contributed by atoms with Crippen LogP contribution in [0.5, 0.6) is 0 Å². The maximum atomic E-state index is 12.1. The number of nitrogens with zero attached hydrogens (tertiary/aromatic N) is 4. The summed E-state index contributed by atoms with van der Waals surface area (Å²) in [4.78, 5) is 8.39. The Labute approximate surface area is 149 Å². The monoisotopic (exact) mass is 378 g/mol. The molecule has 0 unspecified atom stereocenters. The highest BCUT2D eigenvalue weighted by atomic mass is 35.5. The highest BCUT2D eigenvalue weighted by Gasteiger charge is 2.12. The van der Waals surface area contributed by atoms with Gasteiger partial charge in [-0.05, 0) is 30.3 Å². The average molecular weight is 379 g/mol. The first kappa shape index (κ1) is 17.3. The molecule has 0 aliphatic rings. The van der Waals surface area contributed by atoms with Crippen molar-refractivity contribution < 1.29 is 8.42 Å². The molecular weight excluding hydrogens is 364 g/mol. The van der Waals surface area contributed by atoms with E-state index in [1.165, 1.54) is 30.6 Å². The van der Waals surface area contributed by atoms with Gasteiger partial charge in [0.25, 0.3) is 0 Å². The third kappa shape index (κ3) is 4.53. The van der Waals surface area contributed by atoms with Crippen molar-refractivity contribution in [1.29, 1.82) is 0 Å². The molecule has 0 atom stereocenters. The predicted molar refractivity (Wildman–Crippen MR) is 94.3 cm³/mol. The van der Waals surface area contributed by atoms with Crippen LogP contribution in [0.25, 0.3) is 5.82 Å². The number of hydrogen-bond acceptors (Lipinski definition) is 6. The smallest absolute Gasteiger partial charge is 0.240 e. The van der Waals surface area contributed by atoms with E-state index in [1.54, 1.807) is 29.2 Å². The van der Waals surface area contributed by atoms with Gasteiger partial charge in [-0.1, -0.05) is 11.6 Å². The molecule has 0 amide bonds. The SMILES string of the molecule is O=S(=O)(NCCNc1cc(-n2cccn2)ncn1)c1ccc(Cl)cc1. The van der Waals surface area contributed by atoms with E-state index in [9.17, 15) is 8.42 Å². The summed E-state index contributed by atoms with van der Waals surface area (Å²) in [7, 11) is -3.57. The molecule has 2 N–H and O–H groups in total. The van der Waals surface area contributed by atoms with E-state index < -0.39 is 10.0 Å². The summed E-state index contributed by atoms with van der Waals surface area (Å²) in [5.74, 6) is 1.19. The third-order valence-electron chi connectivity index (χ3n) is 3.24. The fraction of sp³-hybridized carbons (Fsp3) is 0.133. The van der Waals surface area contributed by atoms with Gasteiger partial charge in [0.15, 0.2) is 5.82 Å². The average Bonchev–Trinajstić information content (AvgIpc) is 3.14. The molecule has 2 aromatic heterocycles. The lowest BCUT2D eigenvalue weighted by molar-refractivity contribution is 0.583. The lowest BCUT2D eigenvalue weighted by Crippen LogP contribution is -2.29. The van der Waals surface area contributed by atoms with Crippen LogP contribution in [0.2, 0.25) is 5.02 Å². The minimum atomic E-state index is -3.57. The second kappa shape index (κ2) is 7.60. The number of sulfonamides is 1. The lowest BCUT2D eigenvalue weighted by Gasteiger charge is -2.09. The normalized spacial score (nSPS) is 11.4. The van der Waals surface area contributed by atoms with Gasteiger partial charge in [-0.25, -0.2) is 27.8 Å². The van der Waals surface area contributed by atoms with E-state index in [-0.39, 0.29) is 11.4 Å². The zero-order chi connectivity index (χ0) is 17.7. The first-order valence-corrected chi connectivity index (χ1v) is 9.22. The van der Waals surface area contributed by atoms with E-state index in [4.69, 9.17) is 11.6 Å². The Balaban J connectivity index is 1.55. The molecule has 0 aliphatic heterocycles. The molecule has 2 heterocycles. The zero-order valence-corrected chi connectivity index (χ0v) is 14.6. The fourth-order valence-corrected chi connectivity index (χ4v) is 3.20. The van der Waals surface area contributed by atoms with Crippen LogP contribution < -0.4 is 10.0 Å². The Kier molecular flexibility index (Phi) is 5.27. The molecule has 0 aliphatic carbocycles. The van der Waals surface area contributed by atoms with Crippen LogP contribution in [0.3, 0.4) is 0 Å². The number of anilines is 1. The van der Waals surface area contributed by atoms with Crippen LogP contribution >= 0.6 is 11.6 Å². The molecule has 0 spiro atoms. The number of benzene rings is 1. The molecule has 0 radical (unpaired) electrons. The van der Waals surface area contributed by atoms with Crippen molar-refractivity contribution >= 4 is 27.4 Å². The molecule has 130 valence electrons. The Morgan fingerprint density at radius 1 is 1.12 bits per heavy atom. The van der Waals surface area contributed by atoms with Gasteiger partial charge in [0.2, 0.25) is 10.0 Å². The van der Waals surface area contributed by atoms with Crippen LogP contribution in [0, 0.1) is 0 Å². The number of nitrogens with one attached hydrogen (secondary N) is 2. The van der Waals surface area contributed by atoms with Gasteiger partial charge < -0.3 is 5.32 Å². The van der Waals surface area contributed by atoms with Crippen molar-refractivity contribution in [2.24, 2.45) is 0 Å². The topological polar surface area (TPSA) is 102 Å².